The number of imidazole rings is 1. The van der Waals surface area contributed by atoms with Gasteiger partial charge in [0.25, 0.3) is 0 Å². The largest absolute Gasteiger partial charge is 0.506 e. The summed E-state index contributed by atoms with van der Waals surface area (Å²) in [6.07, 6.45) is 1.59. The number of nitrogens with one attached hydrogen (secondary N) is 1. The van der Waals surface area contributed by atoms with Crippen LogP contribution in [-0.2, 0) is 0 Å². The first-order valence-electron chi connectivity index (χ1n) is 7.87. The summed E-state index contributed by atoms with van der Waals surface area (Å²) in [5, 5.41) is 10.3. The number of rotatable bonds is 3. The molecule has 0 amide bonds. The molecule has 1 aromatic heterocycles. The maximum absolute atomic E-state index is 10.0. The smallest absolute Gasteiger partial charge is 0.143 e. The van der Waals surface area contributed by atoms with Gasteiger partial charge in [-0.05, 0) is 48.5 Å². The second kappa shape index (κ2) is 6.94. The molecule has 0 aliphatic carbocycles. The fourth-order valence-corrected chi connectivity index (χ4v) is 3.46. The van der Waals surface area contributed by atoms with Crippen molar-refractivity contribution in [2.24, 2.45) is 4.99 Å². The molecule has 0 saturated heterocycles. The van der Waals surface area contributed by atoms with Crippen molar-refractivity contribution in [3.8, 4) is 17.1 Å². The molecule has 0 fully saturated rings. The van der Waals surface area contributed by atoms with Crippen molar-refractivity contribution in [3.63, 3.8) is 0 Å². The molecular formula is C20H13BrClN3O. The number of H-pyrrole nitrogens is 1. The molecule has 4 nitrogen and oxygen atoms in total. The summed E-state index contributed by atoms with van der Waals surface area (Å²) in [6.45, 7) is 0. The van der Waals surface area contributed by atoms with E-state index in [0.717, 1.165) is 32.6 Å². The lowest BCUT2D eigenvalue weighted by atomic mass is 10.2. The fourth-order valence-electron chi connectivity index (χ4n) is 2.62. The highest BCUT2D eigenvalue weighted by molar-refractivity contribution is 9.10. The van der Waals surface area contributed by atoms with E-state index in [0.29, 0.717) is 5.56 Å². The Bertz CT molecular complexity index is 1090. The van der Waals surface area contributed by atoms with E-state index in [9.17, 15) is 5.11 Å². The predicted molar refractivity (Wildman–Crippen MR) is 110 cm³/mol. The lowest BCUT2D eigenvalue weighted by Crippen LogP contribution is -1.84. The van der Waals surface area contributed by atoms with Gasteiger partial charge in [-0.1, -0.05) is 39.7 Å². The number of benzene rings is 3. The standard InChI is InChI=1S/C20H13BrClN3O/c21-14-9-13(19(26)16(22)10-14)11-23-15-7-5-12(6-8-15)20-24-17-3-1-2-4-18(17)25-20/h1-11,26H,(H,24,25). The van der Waals surface area contributed by atoms with Gasteiger partial charge >= 0.3 is 0 Å². The molecule has 2 N–H and O–H groups in total. The minimum atomic E-state index is 0.0116. The van der Waals surface area contributed by atoms with Crippen molar-refractivity contribution in [2.75, 3.05) is 0 Å². The molecule has 26 heavy (non-hydrogen) atoms. The third-order valence-corrected chi connectivity index (χ3v) is 4.69. The number of aliphatic imine (C=N–C) groups is 1. The summed E-state index contributed by atoms with van der Waals surface area (Å²) in [7, 11) is 0. The van der Waals surface area contributed by atoms with Crippen molar-refractivity contribution in [1.29, 1.82) is 0 Å². The average Bonchev–Trinajstić information content (AvgIpc) is 3.08. The number of fused-ring (bicyclic) bond motifs is 1. The topological polar surface area (TPSA) is 61.3 Å². The number of hydrogen-bond donors (Lipinski definition) is 2. The van der Waals surface area contributed by atoms with Gasteiger partial charge in [-0.3, -0.25) is 4.99 Å². The molecule has 0 aliphatic rings. The molecule has 4 rings (SSSR count). The fraction of sp³-hybridized carbons (Fsp3) is 0. The molecular weight excluding hydrogens is 414 g/mol. The Labute approximate surface area is 163 Å². The van der Waals surface area contributed by atoms with Gasteiger partial charge in [-0.2, -0.15) is 0 Å². The Kier molecular flexibility index (Phi) is 4.49. The summed E-state index contributed by atoms with van der Waals surface area (Å²) in [4.78, 5) is 12.3. The molecule has 0 saturated carbocycles. The van der Waals surface area contributed by atoms with Crippen LogP contribution in [0.2, 0.25) is 5.02 Å². The van der Waals surface area contributed by atoms with Gasteiger partial charge < -0.3 is 10.1 Å². The number of aromatic amines is 1. The van der Waals surface area contributed by atoms with E-state index in [2.05, 4.69) is 30.9 Å². The summed E-state index contributed by atoms with van der Waals surface area (Å²) in [5.41, 5.74) is 4.23. The molecule has 0 radical (unpaired) electrons. The normalized spacial score (nSPS) is 11.5. The zero-order chi connectivity index (χ0) is 18.1. The van der Waals surface area contributed by atoms with E-state index in [1.54, 1.807) is 18.3 Å². The Morgan fingerprint density at radius 3 is 2.62 bits per heavy atom. The van der Waals surface area contributed by atoms with Gasteiger partial charge in [0, 0.05) is 21.8 Å². The van der Waals surface area contributed by atoms with Crippen LogP contribution in [0.3, 0.4) is 0 Å². The van der Waals surface area contributed by atoms with E-state index < -0.39 is 0 Å². The lowest BCUT2D eigenvalue weighted by molar-refractivity contribution is 0.474. The quantitative estimate of drug-likeness (QED) is 0.389. The molecule has 6 heteroatoms. The van der Waals surface area contributed by atoms with E-state index >= 15 is 0 Å². The van der Waals surface area contributed by atoms with Crippen molar-refractivity contribution in [2.45, 2.75) is 0 Å². The van der Waals surface area contributed by atoms with Crippen molar-refractivity contribution >= 4 is 50.5 Å². The third kappa shape index (κ3) is 3.36. The molecule has 0 bridgehead atoms. The average molecular weight is 427 g/mol. The lowest BCUT2D eigenvalue weighted by Gasteiger charge is -2.03. The number of para-hydroxylation sites is 2. The minimum absolute atomic E-state index is 0.0116. The van der Waals surface area contributed by atoms with Crippen LogP contribution in [0.15, 0.2) is 70.1 Å². The number of halogens is 2. The van der Waals surface area contributed by atoms with Crippen LogP contribution < -0.4 is 0 Å². The van der Waals surface area contributed by atoms with Crippen LogP contribution in [0.5, 0.6) is 5.75 Å². The monoisotopic (exact) mass is 425 g/mol. The highest BCUT2D eigenvalue weighted by atomic mass is 79.9. The molecule has 4 aromatic rings. The minimum Gasteiger partial charge on any atom is -0.506 e. The third-order valence-electron chi connectivity index (χ3n) is 3.94. The molecule has 0 aliphatic heterocycles. The van der Waals surface area contributed by atoms with Gasteiger partial charge in [-0.15, -0.1) is 0 Å². The van der Waals surface area contributed by atoms with Crippen LogP contribution in [0.4, 0.5) is 5.69 Å². The van der Waals surface area contributed by atoms with Gasteiger partial charge in [0.1, 0.15) is 11.6 Å². The van der Waals surface area contributed by atoms with Gasteiger partial charge in [0.15, 0.2) is 0 Å². The van der Waals surface area contributed by atoms with Crippen LogP contribution in [-0.4, -0.2) is 21.3 Å². The molecule has 0 spiro atoms. The molecule has 128 valence electrons. The SMILES string of the molecule is Oc1c(Cl)cc(Br)cc1C=Nc1ccc(-c2nc3ccccc3[nH]2)cc1. The van der Waals surface area contributed by atoms with Crippen molar-refractivity contribution < 1.29 is 5.11 Å². The van der Waals surface area contributed by atoms with E-state index in [4.69, 9.17) is 11.6 Å². The van der Waals surface area contributed by atoms with Crippen molar-refractivity contribution in [1.82, 2.24) is 9.97 Å². The van der Waals surface area contributed by atoms with Crippen LogP contribution in [0.25, 0.3) is 22.4 Å². The van der Waals surface area contributed by atoms with Gasteiger partial charge in [-0.25, -0.2) is 4.98 Å². The van der Waals surface area contributed by atoms with Crippen molar-refractivity contribution in [3.05, 3.63) is 75.7 Å². The second-order valence-electron chi connectivity index (χ2n) is 5.73. The highest BCUT2D eigenvalue weighted by Gasteiger charge is 2.06. The zero-order valence-corrected chi connectivity index (χ0v) is 15.8. The summed E-state index contributed by atoms with van der Waals surface area (Å²) >= 11 is 9.33. The van der Waals surface area contributed by atoms with Gasteiger partial charge in [0.05, 0.1) is 21.7 Å². The van der Waals surface area contributed by atoms with Crippen LogP contribution in [0.1, 0.15) is 5.56 Å². The van der Waals surface area contributed by atoms with E-state index in [-0.39, 0.29) is 10.8 Å². The number of phenols is 1. The molecule has 0 atom stereocenters. The number of phenolic OH excluding ortho intramolecular Hbond substituents is 1. The summed E-state index contributed by atoms with van der Waals surface area (Å²) < 4.78 is 0.780. The van der Waals surface area contributed by atoms with E-state index in [1.165, 1.54) is 0 Å². The molecule has 1 heterocycles. The Balaban J connectivity index is 1.60. The van der Waals surface area contributed by atoms with Gasteiger partial charge in [0.2, 0.25) is 0 Å². The number of aromatic nitrogens is 2. The highest BCUT2D eigenvalue weighted by Crippen LogP contribution is 2.31. The Morgan fingerprint density at radius 2 is 1.85 bits per heavy atom. The number of aromatic hydroxyl groups is 1. The first-order chi connectivity index (χ1) is 12.6. The number of nitrogens with zero attached hydrogens (tertiary/aromatic N) is 2. The number of hydrogen-bond acceptors (Lipinski definition) is 3. The summed E-state index contributed by atoms with van der Waals surface area (Å²) in [6, 6.07) is 19.0. The van der Waals surface area contributed by atoms with Crippen LogP contribution >= 0.6 is 27.5 Å². The second-order valence-corrected chi connectivity index (χ2v) is 7.06. The maximum atomic E-state index is 10.0. The first kappa shape index (κ1) is 16.8. The Hall–Kier alpha value is -2.63. The zero-order valence-electron chi connectivity index (χ0n) is 13.4. The Morgan fingerprint density at radius 1 is 1.08 bits per heavy atom. The first-order valence-corrected chi connectivity index (χ1v) is 9.04. The summed E-state index contributed by atoms with van der Waals surface area (Å²) in [5.74, 6) is 0.829. The molecule has 0 unspecified atom stereocenters. The molecule has 3 aromatic carbocycles. The predicted octanol–water partition coefficient (Wildman–Crippen LogP) is 6.10. The maximum Gasteiger partial charge on any atom is 0.143 e. The van der Waals surface area contributed by atoms with E-state index in [1.807, 2.05) is 48.5 Å². The van der Waals surface area contributed by atoms with Crippen LogP contribution in [0, 0.1) is 0 Å².